The third-order valence-corrected chi connectivity index (χ3v) is 0. The largest absolute Gasteiger partial charge is 4.00 e. The molecule has 0 unspecified atom stereocenters. The Morgan fingerprint density at radius 1 is 0.412 bits per heavy atom. The minimum atomic E-state index is -5.17. The van der Waals surface area contributed by atoms with Gasteiger partial charge in [0.1, 0.15) is 0 Å². The van der Waals surface area contributed by atoms with Crippen LogP contribution in [-0.4, -0.2) is 52.6 Å². The molecule has 0 aromatic carbocycles. The summed E-state index contributed by atoms with van der Waals surface area (Å²) in [6.07, 6.45) is 0. The zero-order valence-corrected chi connectivity index (χ0v) is 13.4. The van der Waals surface area contributed by atoms with E-state index < -0.39 is 31.2 Å². The van der Waals surface area contributed by atoms with Gasteiger partial charge in [-0.2, -0.15) is 0 Å². The molecule has 0 aromatic rings. The molecule has 17 heavy (non-hydrogen) atoms. The smallest absolute Gasteiger partial charge is 0.759 e. The monoisotopic (exact) mass is 484 g/mol. The fourth-order valence-corrected chi connectivity index (χ4v) is 0. The zero-order valence-electron chi connectivity index (χ0n) is 6.94. The summed E-state index contributed by atoms with van der Waals surface area (Å²) >= 11 is 0. The van der Waals surface area contributed by atoms with Gasteiger partial charge in [0.05, 0.1) is 0 Å². The molecule has 0 atom stereocenters. The van der Waals surface area contributed by atoms with Crippen molar-refractivity contribution in [2.75, 3.05) is 0 Å². The van der Waals surface area contributed by atoms with Crippen LogP contribution in [-0.2, 0) is 73.3 Å². The molecular weight excluding hydrogens is 480 g/mol. The van der Waals surface area contributed by atoms with E-state index in [2.05, 4.69) is 0 Å². The van der Waals surface area contributed by atoms with Gasteiger partial charge in [0.15, 0.2) is 0 Å². The molecule has 12 nitrogen and oxygen atoms in total. The van der Waals surface area contributed by atoms with Gasteiger partial charge in [0.2, 0.25) is 0 Å². The normalized spacial score (nSPS) is 10.2. The molecule has 0 saturated heterocycles. The molecule has 0 heterocycles. The minimum absolute atomic E-state index is 0. The van der Waals surface area contributed by atoms with E-state index in [1.54, 1.807) is 0 Å². The molecule has 0 aliphatic rings. The summed E-state index contributed by atoms with van der Waals surface area (Å²) < 4.78 is 102. The fraction of sp³-hybridized carbons (Fsp3) is 0. The quantitative estimate of drug-likeness (QED) is 0.183. The Morgan fingerprint density at radius 3 is 0.412 bits per heavy atom. The van der Waals surface area contributed by atoms with Crippen LogP contribution in [0.4, 0.5) is 0 Å². The molecule has 0 aromatic heterocycles. The summed E-state index contributed by atoms with van der Waals surface area (Å²) in [5, 5.41) is 0. The van der Waals surface area contributed by atoms with Crippen molar-refractivity contribution in [2.45, 2.75) is 0 Å². The average molecular weight is 480 g/mol. The van der Waals surface area contributed by atoms with Gasteiger partial charge < -0.3 is 27.3 Å². The molecule has 0 spiro atoms. The van der Waals surface area contributed by atoms with Crippen molar-refractivity contribution < 1.29 is 94.7 Å². The SMILES string of the molecule is O=S(=O)([O-])[O-].O=S(=O)([O-])[O-].O=S(=O)([O-])[O-].[Mo+4].[Mo+4]. The fourth-order valence-electron chi connectivity index (χ4n) is 0. The zero-order chi connectivity index (χ0) is 13.5. The molecule has 0 aliphatic carbocycles. The number of hydrogen-bond acceptors (Lipinski definition) is 12. The molecule has 0 fully saturated rings. The van der Waals surface area contributed by atoms with Crippen LogP contribution in [0.5, 0.6) is 0 Å². The van der Waals surface area contributed by atoms with Crippen molar-refractivity contribution in [3.05, 3.63) is 0 Å². The molecule has 0 amide bonds. The second-order valence-corrected chi connectivity index (χ2v) is 3.67. The van der Waals surface area contributed by atoms with E-state index in [-0.39, 0.29) is 42.1 Å². The average Bonchev–Trinajstić information content (AvgIpc) is 1.41. The maximum Gasteiger partial charge on any atom is 4.00 e. The van der Waals surface area contributed by atoms with E-state index >= 15 is 0 Å². The Bertz CT molecular complexity index is 341. The van der Waals surface area contributed by atoms with E-state index in [4.69, 9.17) is 52.6 Å². The Labute approximate surface area is 125 Å². The molecule has 0 rings (SSSR count). The van der Waals surface area contributed by atoms with Crippen LogP contribution in [0.1, 0.15) is 0 Å². The van der Waals surface area contributed by atoms with Gasteiger partial charge in [0.25, 0.3) is 0 Å². The summed E-state index contributed by atoms with van der Waals surface area (Å²) in [6.45, 7) is 0. The number of hydrogen-bond donors (Lipinski definition) is 0. The third-order valence-electron chi connectivity index (χ3n) is 0. The molecule has 0 N–H and O–H groups in total. The van der Waals surface area contributed by atoms with Crippen molar-refractivity contribution in [3.8, 4) is 0 Å². The van der Waals surface area contributed by atoms with E-state index in [1.807, 2.05) is 0 Å². The van der Waals surface area contributed by atoms with Gasteiger partial charge in [-0.25, -0.2) is 0 Å². The van der Waals surface area contributed by atoms with Gasteiger partial charge in [-0.3, -0.25) is 25.3 Å². The van der Waals surface area contributed by atoms with Crippen molar-refractivity contribution in [1.82, 2.24) is 0 Å². The predicted molar refractivity (Wildman–Crippen MR) is 31.4 cm³/mol. The maximum absolute atomic E-state index is 8.52. The Kier molecular flexibility index (Phi) is 21.8. The summed E-state index contributed by atoms with van der Waals surface area (Å²) in [5.41, 5.74) is 0. The Hall–Kier alpha value is 0.987. The molecule has 0 aliphatic heterocycles. The van der Waals surface area contributed by atoms with Crippen molar-refractivity contribution in [1.29, 1.82) is 0 Å². The second kappa shape index (κ2) is 12.0. The van der Waals surface area contributed by atoms with Crippen LogP contribution >= 0.6 is 0 Å². The van der Waals surface area contributed by atoms with E-state index in [1.165, 1.54) is 0 Å². The van der Waals surface area contributed by atoms with Gasteiger partial charge in [-0.1, -0.05) is 0 Å². The van der Waals surface area contributed by atoms with E-state index in [9.17, 15) is 0 Å². The van der Waals surface area contributed by atoms with Crippen molar-refractivity contribution in [2.24, 2.45) is 0 Å². The first kappa shape index (κ1) is 30.8. The predicted octanol–water partition coefficient (Wildman–Crippen LogP) is -4.02. The first-order chi connectivity index (χ1) is 6.00. The summed E-state index contributed by atoms with van der Waals surface area (Å²) in [5.74, 6) is 0. The van der Waals surface area contributed by atoms with Gasteiger partial charge in [-0.15, -0.1) is 0 Å². The second-order valence-electron chi connectivity index (χ2n) is 1.22. The summed E-state index contributed by atoms with van der Waals surface area (Å²) in [6, 6.07) is 0. The molecule has 17 heteroatoms. The maximum atomic E-state index is 8.52. The topological polar surface area (TPSA) is 241 Å². The van der Waals surface area contributed by atoms with Crippen LogP contribution in [0.25, 0.3) is 0 Å². The summed E-state index contributed by atoms with van der Waals surface area (Å²) in [7, 11) is -15.5. The van der Waals surface area contributed by atoms with Crippen LogP contribution in [0.2, 0.25) is 0 Å². The molecular formula is Mo2O12S3+2. The third kappa shape index (κ3) is 3920. The number of rotatable bonds is 0. The van der Waals surface area contributed by atoms with E-state index in [0.29, 0.717) is 0 Å². The molecule has 0 bridgehead atoms. The van der Waals surface area contributed by atoms with Crippen molar-refractivity contribution >= 4 is 31.2 Å². The van der Waals surface area contributed by atoms with Gasteiger partial charge >= 0.3 is 42.1 Å². The van der Waals surface area contributed by atoms with Gasteiger partial charge in [-0.05, 0) is 0 Å². The van der Waals surface area contributed by atoms with Gasteiger partial charge in [0, 0.05) is 31.2 Å². The molecule has 0 saturated carbocycles. The standard InChI is InChI=1S/2Mo.3H2O4S/c;;3*1-5(2,3)4/h;;3*(H2,1,2,3,4)/q2*+4;;;/p-6. The first-order valence-electron chi connectivity index (χ1n) is 2.00. The van der Waals surface area contributed by atoms with Crippen LogP contribution in [0.15, 0.2) is 0 Å². The van der Waals surface area contributed by atoms with Crippen LogP contribution < -0.4 is 0 Å². The minimum Gasteiger partial charge on any atom is -0.759 e. The first-order valence-corrected chi connectivity index (χ1v) is 6.00. The Morgan fingerprint density at radius 2 is 0.412 bits per heavy atom. The Balaban J connectivity index is -0.0000000400. The van der Waals surface area contributed by atoms with Crippen LogP contribution in [0, 0.1) is 0 Å². The van der Waals surface area contributed by atoms with Crippen molar-refractivity contribution in [3.63, 3.8) is 0 Å². The molecule has 0 radical (unpaired) electrons. The van der Waals surface area contributed by atoms with E-state index in [0.717, 1.165) is 0 Å². The van der Waals surface area contributed by atoms with Crippen LogP contribution in [0.3, 0.4) is 0 Å². The summed E-state index contributed by atoms with van der Waals surface area (Å²) in [4.78, 5) is 0. The molecule has 100 valence electrons.